The lowest BCUT2D eigenvalue weighted by molar-refractivity contribution is -0.123. The van der Waals surface area contributed by atoms with E-state index in [1.165, 1.54) is 15.5 Å². The zero-order valence-electron chi connectivity index (χ0n) is 30.5. The molecule has 0 radical (unpaired) electrons. The molecule has 0 bridgehead atoms. The van der Waals surface area contributed by atoms with Crippen molar-refractivity contribution in [3.63, 3.8) is 0 Å². The number of nitrogens with one attached hydrogen (secondary N) is 4. The minimum Gasteiger partial charge on any atom is -0.385 e. The number of rotatable bonds is 10. The Morgan fingerprint density at radius 2 is 1.88 bits per heavy atom. The summed E-state index contributed by atoms with van der Waals surface area (Å²) in [6, 6.07) is 9.18. The van der Waals surface area contributed by atoms with Crippen LogP contribution in [0.25, 0.3) is 22.0 Å². The molecular weight excluding hydrogens is 747 g/mol. The second kappa shape index (κ2) is 14.2. The van der Waals surface area contributed by atoms with Crippen LogP contribution in [-0.4, -0.2) is 77.5 Å². The van der Waals surface area contributed by atoms with Crippen LogP contribution >= 0.6 is 0 Å². The first-order valence-corrected chi connectivity index (χ1v) is 20.2. The smallest absolute Gasteiger partial charge is 0.274 e. The minimum atomic E-state index is -3.67. The van der Waals surface area contributed by atoms with Gasteiger partial charge in [-0.15, -0.1) is 0 Å². The lowest BCUT2D eigenvalue weighted by Gasteiger charge is -2.31. The number of sulfone groups is 1. The van der Waals surface area contributed by atoms with Gasteiger partial charge in [-0.2, -0.15) is 0 Å². The van der Waals surface area contributed by atoms with Crippen molar-refractivity contribution in [2.24, 2.45) is 7.05 Å². The molecule has 1 fully saturated rings. The molecule has 0 saturated carbocycles. The van der Waals surface area contributed by atoms with Gasteiger partial charge in [0.25, 0.3) is 17.4 Å². The molecule has 0 spiro atoms. The van der Waals surface area contributed by atoms with Gasteiger partial charge in [0, 0.05) is 103 Å². The number of carbonyl (C=O) groups is 3. The summed E-state index contributed by atoms with van der Waals surface area (Å²) < 4.78 is 56.4. The number of aryl methyl sites for hydroxylation is 1. The number of aromatic nitrogens is 3. The van der Waals surface area contributed by atoms with Gasteiger partial charge < -0.3 is 35.3 Å². The highest BCUT2D eigenvalue weighted by Gasteiger charge is 2.36. The van der Waals surface area contributed by atoms with Crippen LogP contribution in [0.2, 0.25) is 0 Å². The van der Waals surface area contributed by atoms with E-state index in [0.29, 0.717) is 83.8 Å². The Balaban J connectivity index is 1.06. The summed E-state index contributed by atoms with van der Waals surface area (Å²) in [6.07, 6.45) is 6.63. The molecule has 3 amide bonds. The van der Waals surface area contributed by atoms with E-state index in [-0.39, 0.29) is 53.4 Å². The number of amides is 3. The Labute approximate surface area is 319 Å². The summed E-state index contributed by atoms with van der Waals surface area (Å²) in [5.74, 6) is -3.19. The molecule has 14 nitrogen and oxygen atoms in total. The summed E-state index contributed by atoms with van der Waals surface area (Å²) in [6.45, 7) is 1.47. The molecule has 56 heavy (non-hydrogen) atoms. The number of fused-ring (bicyclic) bond motifs is 3. The van der Waals surface area contributed by atoms with Gasteiger partial charge >= 0.3 is 0 Å². The quantitative estimate of drug-likeness (QED) is 0.153. The Kier molecular flexibility index (Phi) is 9.34. The van der Waals surface area contributed by atoms with Crippen LogP contribution in [0.3, 0.4) is 0 Å². The average molecular weight is 785 g/mol. The van der Waals surface area contributed by atoms with Crippen molar-refractivity contribution in [3.05, 3.63) is 105 Å². The molecule has 3 aliphatic heterocycles. The number of nitrogens with zero attached hydrogens (tertiary/aromatic N) is 4. The molecule has 2 aromatic carbocycles. The number of aromatic amines is 1. The number of piperidine rings is 1. The standard InChI is InChI=1S/C39H38F2N8O6S/c1-47-18-29-27-11-21(20-56(2,54)55)26(13-32(27)49(36-30(41)12-23(40)15-46-36)17-22-14-45-35(34(22)29)39(47)53)37(51)43-10-4-9-42-31-6-3-5-25-28(31)19-48(38(25)52)24-7-8-33(50)44-16-24/h3,5-6,11-15,18,24,42,45H,4,7-10,16-17,19-20H2,1-2H3,(H,43,51)(H,44,50). The van der Waals surface area contributed by atoms with Crippen molar-refractivity contribution in [3.8, 4) is 11.1 Å². The van der Waals surface area contributed by atoms with Gasteiger partial charge in [-0.25, -0.2) is 22.2 Å². The first-order valence-electron chi connectivity index (χ1n) is 18.1. The van der Waals surface area contributed by atoms with Crippen molar-refractivity contribution in [2.75, 3.05) is 36.1 Å². The lowest BCUT2D eigenvalue weighted by atomic mass is 9.96. The van der Waals surface area contributed by atoms with Crippen LogP contribution in [-0.2, 0) is 40.5 Å². The molecule has 290 valence electrons. The van der Waals surface area contributed by atoms with E-state index < -0.39 is 33.1 Å². The molecule has 3 aliphatic rings. The topological polar surface area (TPSA) is 179 Å². The summed E-state index contributed by atoms with van der Waals surface area (Å²) in [5.41, 5.74) is 4.40. The number of pyridine rings is 2. The van der Waals surface area contributed by atoms with Crippen LogP contribution < -0.4 is 26.4 Å². The first-order chi connectivity index (χ1) is 26.8. The third kappa shape index (κ3) is 6.75. The van der Waals surface area contributed by atoms with Gasteiger partial charge in [0.2, 0.25) is 5.91 Å². The molecule has 6 heterocycles. The lowest BCUT2D eigenvalue weighted by Crippen LogP contribution is -2.48. The summed E-state index contributed by atoms with van der Waals surface area (Å²) in [5, 5.41) is 9.66. The molecule has 0 aliphatic carbocycles. The Bertz CT molecular complexity index is 2630. The number of halogens is 2. The predicted octanol–water partition coefficient (Wildman–Crippen LogP) is 3.87. The van der Waals surface area contributed by atoms with Gasteiger partial charge in [-0.1, -0.05) is 6.07 Å². The summed E-state index contributed by atoms with van der Waals surface area (Å²) in [4.78, 5) is 62.3. The average Bonchev–Trinajstić information content (AvgIpc) is 3.70. The van der Waals surface area contributed by atoms with Crippen LogP contribution in [0.1, 0.15) is 56.7 Å². The van der Waals surface area contributed by atoms with Gasteiger partial charge in [-0.05, 0) is 48.2 Å². The zero-order chi connectivity index (χ0) is 39.5. The molecule has 8 rings (SSSR count). The van der Waals surface area contributed by atoms with E-state index in [1.807, 2.05) is 12.1 Å². The van der Waals surface area contributed by atoms with Gasteiger partial charge in [0.1, 0.15) is 11.3 Å². The van der Waals surface area contributed by atoms with Crippen LogP contribution in [0.4, 0.5) is 26.0 Å². The summed E-state index contributed by atoms with van der Waals surface area (Å²) in [7, 11) is -2.09. The van der Waals surface area contributed by atoms with Crippen molar-refractivity contribution in [1.82, 2.24) is 30.1 Å². The fourth-order valence-corrected chi connectivity index (χ4v) is 8.71. The third-order valence-corrected chi connectivity index (χ3v) is 11.4. The van der Waals surface area contributed by atoms with Gasteiger partial charge in [-0.3, -0.25) is 19.2 Å². The highest BCUT2D eigenvalue weighted by atomic mass is 32.2. The number of hydrogen-bond acceptors (Lipinski definition) is 9. The largest absolute Gasteiger partial charge is 0.385 e. The molecule has 1 atom stereocenters. The van der Waals surface area contributed by atoms with E-state index >= 15 is 4.39 Å². The van der Waals surface area contributed by atoms with Gasteiger partial charge in [0.05, 0.1) is 30.2 Å². The SMILES string of the molecule is Cn1cc2c3c(c[nH]c3c1=O)CN(c1ncc(F)cc1F)c1cc(C(=O)NCCCNc3cccc4c3CN(C3CCC(=O)NC3)C4=O)c(CS(C)(=O)=O)cc1-2. The Morgan fingerprint density at radius 3 is 2.62 bits per heavy atom. The minimum absolute atomic E-state index is 0.00929. The van der Waals surface area contributed by atoms with Crippen LogP contribution in [0, 0.1) is 11.6 Å². The zero-order valence-corrected chi connectivity index (χ0v) is 31.4. The highest BCUT2D eigenvalue weighted by molar-refractivity contribution is 7.89. The molecule has 3 aromatic heterocycles. The fraction of sp³-hybridized carbons (Fsp3) is 0.308. The van der Waals surface area contributed by atoms with Crippen molar-refractivity contribution in [1.29, 1.82) is 0 Å². The molecule has 1 saturated heterocycles. The van der Waals surface area contributed by atoms with Crippen LogP contribution in [0.5, 0.6) is 0 Å². The molecule has 5 aromatic rings. The maximum Gasteiger partial charge on any atom is 0.274 e. The molecule has 1 unspecified atom stereocenters. The third-order valence-electron chi connectivity index (χ3n) is 10.6. The molecular formula is C39H38F2N8O6S. The van der Waals surface area contributed by atoms with Crippen LogP contribution in [0.15, 0.2) is 59.8 Å². The number of hydrogen-bond donors (Lipinski definition) is 4. The summed E-state index contributed by atoms with van der Waals surface area (Å²) >= 11 is 0. The van der Waals surface area contributed by atoms with E-state index in [2.05, 4.69) is 25.9 Å². The normalized spacial score (nSPS) is 16.4. The number of carbonyl (C=O) groups excluding carboxylic acids is 3. The first kappa shape index (κ1) is 36.9. The number of H-pyrrole nitrogens is 1. The van der Waals surface area contributed by atoms with E-state index in [4.69, 9.17) is 0 Å². The molecule has 4 N–H and O–H groups in total. The van der Waals surface area contributed by atoms with E-state index in [9.17, 15) is 32.0 Å². The van der Waals surface area contributed by atoms with E-state index in [0.717, 1.165) is 23.7 Å². The maximum atomic E-state index is 15.5. The number of benzene rings is 2. The van der Waals surface area contributed by atoms with E-state index in [1.54, 1.807) is 36.5 Å². The maximum absolute atomic E-state index is 15.5. The van der Waals surface area contributed by atoms with Crippen molar-refractivity contribution < 1.29 is 31.6 Å². The monoisotopic (exact) mass is 784 g/mol. The second-order valence-electron chi connectivity index (χ2n) is 14.5. The number of anilines is 3. The molecule has 17 heteroatoms. The predicted molar refractivity (Wildman–Crippen MR) is 205 cm³/mol. The second-order valence-corrected chi connectivity index (χ2v) is 16.6. The highest BCUT2D eigenvalue weighted by Crippen LogP contribution is 2.45. The van der Waals surface area contributed by atoms with Crippen molar-refractivity contribution in [2.45, 2.75) is 44.1 Å². The Morgan fingerprint density at radius 1 is 1.05 bits per heavy atom. The van der Waals surface area contributed by atoms with Gasteiger partial charge in [0.15, 0.2) is 21.5 Å². The Hall–Kier alpha value is -6.10. The fourth-order valence-electron chi connectivity index (χ4n) is 7.91. The van der Waals surface area contributed by atoms with Crippen molar-refractivity contribution >= 4 is 55.7 Å².